The van der Waals surface area contributed by atoms with Gasteiger partial charge in [-0.05, 0) is 42.9 Å². The number of likely N-dealkylation sites (tertiary alicyclic amines) is 1. The Morgan fingerprint density at radius 1 is 1.10 bits per heavy atom. The van der Waals surface area contributed by atoms with Crippen molar-refractivity contribution in [3.8, 4) is 0 Å². The highest BCUT2D eigenvalue weighted by molar-refractivity contribution is 6.10. The lowest BCUT2D eigenvalue weighted by atomic mass is 9.85. The van der Waals surface area contributed by atoms with Gasteiger partial charge < -0.3 is 5.32 Å². The SMILES string of the molecule is CC(C)C[C@H](C(=O)Nc1ccc(Cn2cncn2)cc1)N1C(=O)[C@H]2CC=CC[C@@H]2C1=O. The summed E-state index contributed by atoms with van der Waals surface area (Å²) >= 11 is 0. The van der Waals surface area contributed by atoms with Gasteiger partial charge in [0, 0.05) is 5.69 Å². The van der Waals surface area contributed by atoms with Crippen LogP contribution in [0.5, 0.6) is 0 Å². The Morgan fingerprint density at radius 3 is 2.29 bits per heavy atom. The van der Waals surface area contributed by atoms with Gasteiger partial charge in [0.1, 0.15) is 18.7 Å². The Balaban J connectivity index is 1.48. The second-order valence-corrected chi connectivity index (χ2v) is 8.63. The van der Waals surface area contributed by atoms with Gasteiger partial charge in [-0.3, -0.25) is 19.3 Å². The molecule has 8 heteroatoms. The summed E-state index contributed by atoms with van der Waals surface area (Å²) in [5.74, 6) is -1.29. The van der Waals surface area contributed by atoms with Crippen LogP contribution in [0, 0.1) is 17.8 Å². The highest BCUT2D eigenvalue weighted by Crippen LogP contribution is 2.37. The number of hydrogen-bond donors (Lipinski definition) is 1. The summed E-state index contributed by atoms with van der Waals surface area (Å²) < 4.78 is 1.71. The number of carbonyl (C=O) groups is 3. The third-order valence-corrected chi connectivity index (χ3v) is 5.88. The molecule has 4 rings (SSSR count). The molecule has 0 radical (unpaired) electrons. The quantitative estimate of drug-likeness (QED) is 0.548. The second-order valence-electron chi connectivity index (χ2n) is 8.63. The number of carbonyl (C=O) groups excluding carboxylic acids is 3. The molecular weight excluding hydrogens is 394 g/mol. The maximum Gasteiger partial charge on any atom is 0.247 e. The summed E-state index contributed by atoms with van der Waals surface area (Å²) in [4.78, 5) is 44.3. The van der Waals surface area contributed by atoms with Gasteiger partial charge in [-0.2, -0.15) is 5.10 Å². The van der Waals surface area contributed by atoms with Crippen LogP contribution in [0.2, 0.25) is 0 Å². The van der Waals surface area contributed by atoms with E-state index < -0.39 is 6.04 Å². The summed E-state index contributed by atoms with van der Waals surface area (Å²) in [5.41, 5.74) is 1.64. The molecule has 31 heavy (non-hydrogen) atoms. The van der Waals surface area contributed by atoms with Gasteiger partial charge in [-0.15, -0.1) is 0 Å². The Bertz CT molecular complexity index is 955. The van der Waals surface area contributed by atoms with E-state index in [1.807, 2.05) is 50.3 Å². The number of nitrogens with zero attached hydrogens (tertiary/aromatic N) is 4. The van der Waals surface area contributed by atoms with Gasteiger partial charge in [-0.1, -0.05) is 38.1 Å². The first-order valence-corrected chi connectivity index (χ1v) is 10.7. The van der Waals surface area contributed by atoms with Crippen molar-refractivity contribution in [1.29, 1.82) is 0 Å². The van der Waals surface area contributed by atoms with Gasteiger partial charge in [0.25, 0.3) is 0 Å². The Labute approximate surface area is 181 Å². The number of nitrogens with one attached hydrogen (secondary N) is 1. The van der Waals surface area contributed by atoms with Gasteiger partial charge in [0.2, 0.25) is 17.7 Å². The highest BCUT2D eigenvalue weighted by atomic mass is 16.2. The summed E-state index contributed by atoms with van der Waals surface area (Å²) in [7, 11) is 0. The zero-order chi connectivity index (χ0) is 22.0. The average Bonchev–Trinajstić information content (AvgIpc) is 3.35. The molecule has 3 atom stereocenters. The van der Waals surface area contributed by atoms with Crippen LogP contribution in [-0.2, 0) is 20.9 Å². The molecule has 0 spiro atoms. The van der Waals surface area contributed by atoms with Crippen LogP contribution >= 0.6 is 0 Å². The van der Waals surface area contributed by atoms with E-state index in [0.29, 0.717) is 31.5 Å². The number of aromatic nitrogens is 3. The lowest BCUT2D eigenvalue weighted by molar-refractivity contribution is -0.147. The summed E-state index contributed by atoms with van der Waals surface area (Å²) in [6.45, 7) is 4.55. The monoisotopic (exact) mass is 421 g/mol. The van der Waals surface area contributed by atoms with Gasteiger partial charge in [0.15, 0.2) is 0 Å². The minimum atomic E-state index is -0.805. The zero-order valence-electron chi connectivity index (χ0n) is 17.8. The van der Waals surface area contributed by atoms with E-state index in [2.05, 4.69) is 15.4 Å². The maximum absolute atomic E-state index is 13.2. The van der Waals surface area contributed by atoms with Gasteiger partial charge in [-0.25, -0.2) is 9.67 Å². The number of imide groups is 1. The number of fused-ring (bicyclic) bond motifs is 1. The zero-order valence-corrected chi connectivity index (χ0v) is 17.8. The third-order valence-electron chi connectivity index (χ3n) is 5.88. The molecule has 8 nitrogen and oxygen atoms in total. The van der Waals surface area contributed by atoms with Gasteiger partial charge in [0.05, 0.1) is 18.4 Å². The smallest absolute Gasteiger partial charge is 0.247 e. The van der Waals surface area contributed by atoms with E-state index in [4.69, 9.17) is 0 Å². The summed E-state index contributed by atoms with van der Waals surface area (Å²) in [6.07, 6.45) is 8.59. The van der Waals surface area contributed by atoms with Crippen LogP contribution in [-0.4, -0.2) is 43.4 Å². The molecule has 1 aliphatic heterocycles. The van der Waals surface area contributed by atoms with Crippen LogP contribution in [0.4, 0.5) is 5.69 Å². The van der Waals surface area contributed by atoms with Crippen LogP contribution in [0.15, 0.2) is 49.1 Å². The summed E-state index contributed by atoms with van der Waals surface area (Å²) in [6, 6.07) is 6.63. The number of amides is 3. The molecule has 2 aliphatic rings. The van der Waals surface area contributed by atoms with E-state index in [-0.39, 0.29) is 35.5 Å². The van der Waals surface area contributed by atoms with Crippen LogP contribution in [0.3, 0.4) is 0 Å². The molecular formula is C23H27N5O3. The Morgan fingerprint density at radius 2 is 1.74 bits per heavy atom. The van der Waals surface area contributed by atoms with Crippen LogP contribution in [0.1, 0.15) is 38.7 Å². The molecule has 1 aromatic carbocycles. The van der Waals surface area contributed by atoms with Crippen molar-refractivity contribution in [1.82, 2.24) is 19.7 Å². The lowest BCUT2D eigenvalue weighted by Crippen LogP contribution is -2.48. The molecule has 0 unspecified atom stereocenters. The fourth-order valence-corrected chi connectivity index (χ4v) is 4.33. The topological polar surface area (TPSA) is 97.2 Å². The lowest BCUT2D eigenvalue weighted by Gasteiger charge is -2.27. The molecule has 3 amide bonds. The molecule has 2 aromatic rings. The average molecular weight is 422 g/mol. The molecule has 1 aliphatic carbocycles. The minimum Gasteiger partial charge on any atom is -0.324 e. The van der Waals surface area contributed by atoms with Crippen molar-refractivity contribution < 1.29 is 14.4 Å². The van der Waals surface area contributed by atoms with Crippen molar-refractivity contribution in [3.63, 3.8) is 0 Å². The molecule has 1 saturated heterocycles. The number of rotatable bonds is 7. The molecule has 162 valence electrons. The Kier molecular flexibility index (Phi) is 5.97. The largest absolute Gasteiger partial charge is 0.324 e. The number of hydrogen-bond acceptors (Lipinski definition) is 5. The van der Waals surface area contributed by atoms with Crippen molar-refractivity contribution >= 4 is 23.4 Å². The van der Waals surface area contributed by atoms with E-state index in [1.54, 1.807) is 11.0 Å². The van der Waals surface area contributed by atoms with E-state index in [1.165, 1.54) is 11.2 Å². The van der Waals surface area contributed by atoms with E-state index >= 15 is 0 Å². The van der Waals surface area contributed by atoms with Crippen molar-refractivity contribution in [2.45, 2.75) is 45.7 Å². The molecule has 1 N–H and O–H groups in total. The molecule has 0 bridgehead atoms. The number of benzene rings is 1. The van der Waals surface area contributed by atoms with Gasteiger partial charge >= 0.3 is 0 Å². The first-order chi connectivity index (χ1) is 14.9. The van der Waals surface area contributed by atoms with Crippen LogP contribution < -0.4 is 5.32 Å². The normalized spacial score (nSPS) is 21.5. The third kappa shape index (κ3) is 4.42. The first-order valence-electron chi connectivity index (χ1n) is 10.7. The minimum absolute atomic E-state index is 0.155. The van der Waals surface area contributed by atoms with Crippen molar-refractivity contribution in [2.75, 3.05) is 5.32 Å². The predicted octanol–water partition coefficient (Wildman–Crippen LogP) is 2.63. The molecule has 2 heterocycles. The summed E-state index contributed by atoms with van der Waals surface area (Å²) in [5, 5.41) is 6.98. The van der Waals surface area contributed by atoms with Crippen molar-refractivity contribution in [3.05, 3.63) is 54.6 Å². The predicted molar refractivity (Wildman–Crippen MR) is 115 cm³/mol. The molecule has 1 fully saturated rings. The highest BCUT2D eigenvalue weighted by Gasteiger charge is 2.51. The molecule has 0 saturated carbocycles. The van der Waals surface area contributed by atoms with Crippen LogP contribution in [0.25, 0.3) is 0 Å². The standard InChI is InChI=1S/C23H27N5O3/c1-15(2)11-20(28-22(30)18-5-3-4-6-19(18)23(28)31)21(29)26-17-9-7-16(8-10-17)12-27-14-24-13-25-27/h3-4,7-10,13-15,18-20H,5-6,11-12H2,1-2H3,(H,26,29)/t18-,19-,20+/m0/s1. The van der Waals surface area contributed by atoms with E-state index in [0.717, 1.165) is 5.56 Å². The fraction of sp³-hybridized carbons (Fsp3) is 0.435. The van der Waals surface area contributed by atoms with E-state index in [9.17, 15) is 14.4 Å². The molecule has 1 aromatic heterocycles. The Hall–Kier alpha value is -3.29. The first kappa shape index (κ1) is 21.0. The number of anilines is 1. The second kappa shape index (κ2) is 8.83. The van der Waals surface area contributed by atoms with Crippen molar-refractivity contribution in [2.24, 2.45) is 17.8 Å². The number of allylic oxidation sites excluding steroid dienone is 2. The fourth-order valence-electron chi connectivity index (χ4n) is 4.33. The maximum atomic E-state index is 13.2.